The summed E-state index contributed by atoms with van der Waals surface area (Å²) in [5.41, 5.74) is 0.709. The van der Waals surface area contributed by atoms with Crippen molar-refractivity contribution in [2.24, 2.45) is 0 Å². The Morgan fingerprint density at radius 1 is 1.50 bits per heavy atom. The fraction of sp³-hybridized carbons (Fsp3) is 0.538. The zero-order chi connectivity index (χ0) is 14.5. The van der Waals surface area contributed by atoms with Crippen LogP contribution in [0.4, 0.5) is 4.39 Å². The first-order valence-corrected chi connectivity index (χ1v) is 6.38. The molecule has 0 aromatic carbocycles. The Morgan fingerprint density at radius 2 is 2.25 bits per heavy atom. The summed E-state index contributed by atoms with van der Waals surface area (Å²) >= 11 is 0. The highest BCUT2D eigenvalue weighted by Gasteiger charge is 2.53. The van der Waals surface area contributed by atoms with Crippen LogP contribution in [0, 0.1) is 6.92 Å². The molecule has 2 aromatic rings. The predicted octanol–water partition coefficient (Wildman–Crippen LogP) is 0.559. The van der Waals surface area contributed by atoms with E-state index in [9.17, 15) is 14.6 Å². The first kappa shape index (κ1) is 13.4. The number of aliphatic hydroxyl groups is 2. The molecular weight excluding hydrogens is 265 g/mol. The van der Waals surface area contributed by atoms with Gasteiger partial charge in [-0.05, 0) is 26.0 Å². The van der Waals surface area contributed by atoms with Crippen molar-refractivity contribution in [3.05, 3.63) is 29.8 Å². The maximum Gasteiger partial charge on any atom is 0.160 e. The van der Waals surface area contributed by atoms with Crippen LogP contribution in [0.3, 0.4) is 0 Å². The zero-order valence-electron chi connectivity index (χ0n) is 11.2. The van der Waals surface area contributed by atoms with Crippen molar-refractivity contribution >= 4 is 5.52 Å². The minimum absolute atomic E-state index is 0.456. The van der Waals surface area contributed by atoms with Crippen molar-refractivity contribution in [1.82, 2.24) is 14.6 Å². The maximum atomic E-state index is 14.3. The third-order valence-corrected chi connectivity index (χ3v) is 3.89. The lowest BCUT2D eigenvalue weighted by atomic mass is 9.98. The van der Waals surface area contributed by atoms with Gasteiger partial charge in [-0.25, -0.2) is 13.9 Å². The van der Waals surface area contributed by atoms with Crippen molar-refractivity contribution in [1.29, 1.82) is 0 Å². The van der Waals surface area contributed by atoms with E-state index in [-0.39, 0.29) is 0 Å². The number of hydrogen-bond donors (Lipinski definition) is 2. The number of halogens is 1. The molecule has 1 saturated heterocycles. The Hall–Kier alpha value is -1.57. The van der Waals surface area contributed by atoms with Crippen LogP contribution in [-0.4, -0.2) is 49.3 Å². The number of alkyl halides is 1. The quantitative estimate of drug-likeness (QED) is 0.840. The molecule has 0 spiro atoms. The van der Waals surface area contributed by atoms with Crippen molar-refractivity contribution in [2.75, 3.05) is 6.61 Å². The average molecular weight is 281 g/mol. The van der Waals surface area contributed by atoms with Gasteiger partial charge in [-0.2, -0.15) is 5.10 Å². The smallest absolute Gasteiger partial charge is 0.160 e. The molecule has 2 aromatic heterocycles. The standard InChI is InChI=1S/C13H16FN3O3/c1-7-8-3-4-9(17(8)16-6-15-7)11-10(14)12(19)13(2,5-18)20-11/h3-4,6,10-12,18-19H,5H2,1-2H3/t10-,11-,12-,13+/m0/s1. The van der Waals surface area contributed by atoms with Gasteiger partial charge < -0.3 is 14.9 Å². The van der Waals surface area contributed by atoms with Gasteiger partial charge >= 0.3 is 0 Å². The van der Waals surface area contributed by atoms with Crippen LogP contribution in [-0.2, 0) is 4.74 Å². The van der Waals surface area contributed by atoms with Gasteiger partial charge in [-0.3, -0.25) is 0 Å². The van der Waals surface area contributed by atoms with Gasteiger partial charge in [0.05, 0.1) is 23.5 Å². The van der Waals surface area contributed by atoms with E-state index in [2.05, 4.69) is 10.1 Å². The minimum Gasteiger partial charge on any atom is -0.393 e. The highest BCUT2D eigenvalue weighted by Crippen LogP contribution is 2.41. The van der Waals surface area contributed by atoms with Crippen molar-refractivity contribution < 1.29 is 19.3 Å². The molecule has 0 amide bonds. The van der Waals surface area contributed by atoms with E-state index in [1.54, 1.807) is 16.6 Å². The molecule has 0 radical (unpaired) electrons. The van der Waals surface area contributed by atoms with E-state index < -0.39 is 30.6 Å². The fourth-order valence-electron chi connectivity index (χ4n) is 2.57. The zero-order valence-corrected chi connectivity index (χ0v) is 11.2. The van der Waals surface area contributed by atoms with E-state index >= 15 is 0 Å². The third-order valence-electron chi connectivity index (χ3n) is 3.89. The third kappa shape index (κ3) is 1.74. The van der Waals surface area contributed by atoms with Crippen molar-refractivity contribution in [3.8, 4) is 0 Å². The molecule has 4 atom stereocenters. The summed E-state index contributed by atoms with van der Waals surface area (Å²) < 4.78 is 21.4. The van der Waals surface area contributed by atoms with Gasteiger partial charge in [0.1, 0.15) is 24.1 Å². The highest BCUT2D eigenvalue weighted by molar-refractivity contribution is 5.52. The number of fused-ring (bicyclic) bond motifs is 1. The van der Waals surface area contributed by atoms with E-state index in [0.717, 1.165) is 11.2 Å². The summed E-state index contributed by atoms with van der Waals surface area (Å²) in [6.07, 6.45) is -2.60. The molecule has 0 bridgehead atoms. The van der Waals surface area contributed by atoms with Crippen LogP contribution in [0.5, 0.6) is 0 Å². The summed E-state index contributed by atoms with van der Waals surface area (Å²) in [7, 11) is 0. The molecule has 0 unspecified atom stereocenters. The molecule has 20 heavy (non-hydrogen) atoms. The van der Waals surface area contributed by atoms with Gasteiger partial charge in [-0.1, -0.05) is 0 Å². The number of rotatable bonds is 2. The molecule has 7 heteroatoms. The number of hydrogen-bond acceptors (Lipinski definition) is 5. The van der Waals surface area contributed by atoms with Gasteiger partial charge in [0.15, 0.2) is 6.17 Å². The lowest BCUT2D eigenvalue weighted by molar-refractivity contribution is -0.100. The molecule has 1 aliphatic rings. The molecule has 108 valence electrons. The van der Waals surface area contributed by atoms with E-state index in [0.29, 0.717) is 5.69 Å². The number of nitrogens with zero attached hydrogens (tertiary/aromatic N) is 3. The topological polar surface area (TPSA) is 79.9 Å². The maximum absolute atomic E-state index is 14.3. The number of aromatic nitrogens is 3. The Morgan fingerprint density at radius 3 is 2.90 bits per heavy atom. The van der Waals surface area contributed by atoms with Gasteiger partial charge in [0.25, 0.3) is 0 Å². The molecule has 1 aliphatic heterocycles. The molecule has 2 N–H and O–H groups in total. The Labute approximate surface area is 114 Å². The van der Waals surface area contributed by atoms with Crippen LogP contribution in [0.2, 0.25) is 0 Å². The van der Waals surface area contributed by atoms with Gasteiger partial charge in [0.2, 0.25) is 0 Å². The first-order chi connectivity index (χ1) is 9.48. The molecule has 3 rings (SSSR count). The molecular formula is C13H16FN3O3. The lowest BCUT2D eigenvalue weighted by Crippen LogP contribution is -2.42. The van der Waals surface area contributed by atoms with Crippen LogP contribution in [0.25, 0.3) is 5.52 Å². The summed E-state index contributed by atoms with van der Waals surface area (Å²) in [5, 5.41) is 23.3. The second-order valence-corrected chi connectivity index (χ2v) is 5.30. The molecule has 1 fully saturated rings. The van der Waals surface area contributed by atoms with Crippen LogP contribution < -0.4 is 0 Å². The molecule has 0 saturated carbocycles. The number of ether oxygens (including phenoxy) is 1. The molecule has 6 nitrogen and oxygen atoms in total. The van der Waals surface area contributed by atoms with Gasteiger partial charge in [-0.15, -0.1) is 0 Å². The molecule has 0 aliphatic carbocycles. The van der Waals surface area contributed by atoms with Gasteiger partial charge in [0, 0.05) is 0 Å². The summed E-state index contributed by atoms with van der Waals surface area (Å²) in [6.45, 7) is 2.86. The Balaban J connectivity index is 2.06. The average Bonchev–Trinajstić information content (AvgIpc) is 2.96. The normalized spacial score (nSPS) is 34.0. The Kier molecular flexibility index (Phi) is 3.00. The van der Waals surface area contributed by atoms with Crippen LogP contribution in [0.1, 0.15) is 24.4 Å². The van der Waals surface area contributed by atoms with Crippen LogP contribution >= 0.6 is 0 Å². The Bertz CT molecular complexity index is 647. The second kappa shape index (κ2) is 4.47. The first-order valence-electron chi connectivity index (χ1n) is 6.38. The van der Waals surface area contributed by atoms with Crippen LogP contribution in [0.15, 0.2) is 18.5 Å². The highest BCUT2D eigenvalue weighted by atomic mass is 19.1. The SMILES string of the molecule is Cc1ncnn2c([C@@H]3O[C@](C)(CO)[C@@H](O)[C@H]3F)ccc12. The van der Waals surface area contributed by atoms with E-state index in [1.165, 1.54) is 13.3 Å². The van der Waals surface area contributed by atoms with E-state index in [1.807, 2.05) is 6.92 Å². The predicted molar refractivity (Wildman–Crippen MR) is 67.9 cm³/mol. The summed E-state index contributed by atoms with van der Waals surface area (Å²) in [5.74, 6) is 0. The largest absolute Gasteiger partial charge is 0.393 e. The summed E-state index contributed by atoms with van der Waals surface area (Å²) in [4.78, 5) is 4.07. The molecule has 3 heterocycles. The second-order valence-electron chi connectivity index (χ2n) is 5.30. The monoisotopic (exact) mass is 281 g/mol. The minimum atomic E-state index is -1.62. The fourth-order valence-corrected chi connectivity index (χ4v) is 2.57. The summed E-state index contributed by atoms with van der Waals surface area (Å²) in [6, 6.07) is 3.48. The lowest BCUT2D eigenvalue weighted by Gasteiger charge is -2.24. The van der Waals surface area contributed by atoms with E-state index in [4.69, 9.17) is 4.74 Å². The van der Waals surface area contributed by atoms with Crippen molar-refractivity contribution in [2.45, 2.75) is 37.8 Å². The van der Waals surface area contributed by atoms with Crippen molar-refractivity contribution in [3.63, 3.8) is 0 Å². The number of aliphatic hydroxyl groups excluding tert-OH is 2. The number of aryl methyl sites for hydroxylation is 1.